The molecule has 0 N–H and O–H groups in total. The third-order valence-electron chi connectivity index (χ3n) is 2.72. The van der Waals surface area contributed by atoms with Gasteiger partial charge in [0.05, 0.1) is 0 Å². The molecular weight excluding hydrogens is 220 g/mol. The average Bonchev–Trinajstić information content (AvgIpc) is 2.21. The van der Waals surface area contributed by atoms with Crippen molar-refractivity contribution in [2.45, 2.75) is 71.0 Å². The van der Waals surface area contributed by atoms with E-state index < -0.39 is 10.8 Å². The minimum absolute atomic E-state index is 0.0353. The van der Waals surface area contributed by atoms with Crippen LogP contribution in [0.15, 0.2) is 0 Å². The van der Waals surface area contributed by atoms with E-state index in [4.69, 9.17) is 0 Å². The van der Waals surface area contributed by atoms with Crippen molar-refractivity contribution in [3.8, 4) is 0 Å². The molecule has 2 nitrogen and oxygen atoms in total. The minimum atomic E-state index is -0.813. The van der Waals surface area contributed by atoms with Gasteiger partial charge in [-0.15, -0.1) is 0 Å². The molecule has 0 saturated heterocycles. The first-order valence-corrected chi connectivity index (χ1v) is 7.82. The molecule has 0 aliphatic heterocycles. The van der Waals surface area contributed by atoms with E-state index in [-0.39, 0.29) is 11.0 Å². The van der Waals surface area contributed by atoms with Crippen LogP contribution in [0.3, 0.4) is 0 Å². The van der Waals surface area contributed by atoms with Gasteiger partial charge < -0.3 is 0 Å². The van der Waals surface area contributed by atoms with Crippen molar-refractivity contribution >= 4 is 16.6 Å². The van der Waals surface area contributed by atoms with Crippen LogP contribution in [0.2, 0.25) is 0 Å². The Hall–Kier alpha value is -0.180. The molecule has 0 bridgehead atoms. The number of hydrogen-bond donors (Lipinski definition) is 0. The molecule has 2 atom stereocenters. The molecule has 0 saturated carbocycles. The Morgan fingerprint density at radius 3 is 2.25 bits per heavy atom. The van der Waals surface area contributed by atoms with Gasteiger partial charge in [0.2, 0.25) is 0 Å². The fourth-order valence-corrected chi connectivity index (χ4v) is 3.04. The standard InChI is InChI=1S/C13H26O2S/c1-4-5-6-7-8-9-10-16(15)13(3)11-12(2)14/h13H,4-11H2,1-3H3. The topological polar surface area (TPSA) is 34.1 Å². The molecule has 0 rings (SSSR count). The summed E-state index contributed by atoms with van der Waals surface area (Å²) in [5.41, 5.74) is 0. The Morgan fingerprint density at radius 2 is 1.69 bits per heavy atom. The second-order valence-electron chi connectivity index (χ2n) is 4.57. The van der Waals surface area contributed by atoms with E-state index in [1.165, 1.54) is 32.1 Å². The summed E-state index contributed by atoms with van der Waals surface area (Å²) in [6.07, 6.45) is 7.81. The molecule has 0 aliphatic rings. The summed E-state index contributed by atoms with van der Waals surface area (Å²) in [6, 6.07) is 0. The molecule has 96 valence electrons. The lowest BCUT2D eigenvalue weighted by Crippen LogP contribution is -2.17. The van der Waals surface area contributed by atoms with Crippen LogP contribution in [0.5, 0.6) is 0 Å². The van der Waals surface area contributed by atoms with Crippen LogP contribution in [0, 0.1) is 0 Å². The highest BCUT2D eigenvalue weighted by molar-refractivity contribution is 7.85. The molecule has 0 aromatic carbocycles. The normalized spacial score (nSPS) is 14.7. The third-order valence-corrected chi connectivity index (χ3v) is 4.48. The quantitative estimate of drug-likeness (QED) is 0.553. The van der Waals surface area contributed by atoms with Gasteiger partial charge >= 0.3 is 0 Å². The van der Waals surface area contributed by atoms with E-state index in [0.29, 0.717) is 6.42 Å². The fraction of sp³-hybridized carbons (Fsp3) is 0.923. The van der Waals surface area contributed by atoms with Crippen LogP contribution in [0.25, 0.3) is 0 Å². The Kier molecular flexibility index (Phi) is 9.89. The largest absolute Gasteiger partial charge is 0.300 e. The van der Waals surface area contributed by atoms with Gasteiger partial charge in [-0.1, -0.05) is 46.0 Å². The molecule has 16 heavy (non-hydrogen) atoms. The summed E-state index contributed by atoms with van der Waals surface area (Å²) in [6.45, 7) is 5.69. The van der Waals surface area contributed by atoms with Crippen molar-refractivity contribution < 1.29 is 9.00 Å². The Morgan fingerprint density at radius 1 is 1.12 bits per heavy atom. The van der Waals surface area contributed by atoms with Crippen molar-refractivity contribution in [2.24, 2.45) is 0 Å². The maximum atomic E-state index is 11.7. The minimum Gasteiger partial charge on any atom is -0.300 e. The number of hydrogen-bond acceptors (Lipinski definition) is 2. The van der Waals surface area contributed by atoms with Gasteiger partial charge in [-0.05, 0) is 13.3 Å². The predicted molar refractivity (Wildman–Crippen MR) is 71.1 cm³/mol. The van der Waals surface area contributed by atoms with Gasteiger partial charge in [0.25, 0.3) is 0 Å². The molecule has 0 radical (unpaired) electrons. The van der Waals surface area contributed by atoms with Crippen LogP contribution in [0.1, 0.15) is 65.7 Å². The van der Waals surface area contributed by atoms with Crippen LogP contribution < -0.4 is 0 Å². The van der Waals surface area contributed by atoms with Crippen molar-refractivity contribution in [2.75, 3.05) is 5.75 Å². The molecule has 0 aromatic heterocycles. The van der Waals surface area contributed by atoms with Gasteiger partial charge in [0.1, 0.15) is 5.78 Å². The summed E-state index contributed by atoms with van der Waals surface area (Å²) < 4.78 is 11.7. The van der Waals surface area contributed by atoms with E-state index in [2.05, 4.69) is 6.92 Å². The molecule has 0 aliphatic carbocycles. The van der Waals surface area contributed by atoms with Gasteiger partial charge in [-0.3, -0.25) is 9.00 Å². The third kappa shape index (κ3) is 9.08. The highest BCUT2D eigenvalue weighted by Gasteiger charge is 2.12. The monoisotopic (exact) mass is 246 g/mol. The Bertz CT molecular complexity index is 214. The maximum absolute atomic E-state index is 11.7. The lowest BCUT2D eigenvalue weighted by atomic mass is 10.1. The smallest absolute Gasteiger partial charge is 0.131 e. The van der Waals surface area contributed by atoms with Crippen LogP contribution in [0.4, 0.5) is 0 Å². The summed E-state index contributed by atoms with van der Waals surface area (Å²) in [4.78, 5) is 10.9. The number of rotatable bonds is 10. The Balaban J connectivity index is 3.46. The van der Waals surface area contributed by atoms with Gasteiger partial charge in [-0.25, -0.2) is 0 Å². The van der Waals surface area contributed by atoms with E-state index >= 15 is 0 Å². The summed E-state index contributed by atoms with van der Waals surface area (Å²) in [5.74, 6) is 0.907. The van der Waals surface area contributed by atoms with Crippen molar-refractivity contribution in [1.29, 1.82) is 0 Å². The van der Waals surface area contributed by atoms with E-state index in [9.17, 15) is 9.00 Å². The van der Waals surface area contributed by atoms with E-state index in [1.54, 1.807) is 6.92 Å². The van der Waals surface area contributed by atoms with Crippen molar-refractivity contribution in [3.63, 3.8) is 0 Å². The lowest BCUT2D eigenvalue weighted by Gasteiger charge is -2.09. The summed E-state index contributed by atoms with van der Waals surface area (Å²) in [7, 11) is -0.813. The number of carbonyl (C=O) groups is 1. The fourth-order valence-electron chi connectivity index (χ4n) is 1.72. The van der Waals surface area contributed by atoms with Crippen molar-refractivity contribution in [1.82, 2.24) is 0 Å². The first-order valence-electron chi connectivity index (χ1n) is 6.44. The first-order chi connectivity index (χ1) is 7.57. The van der Waals surface area contributed by atoms with Gasteiger partial charge in [0, 0.05) is 28.2 Å². The molecule has 3 heteroatoms. The molecule has 2 unspecified atom stereocenters. The highest BCUT2D eigenvalue weighted by Crippen LogP contribution is 2.08. The van der Waals surface area contributed by atoms with Crippen molar-refractivity contribution in [3.05, 3.63) is 0 Å². The number of carbonyl (C=O) groups excluding carboxylic acids is 1. The molecule has 0 amide bonds. The number of Topliss-reactive ketones (excluding diaryl/α,β-unsaturated/α-hetero) is 1. The molecule has 0 heterocycles. The zero-order valence-corrected chi connectivity index (χ0v) is 11.8. The average molecular weight is 246 g/mol. The van der Waals surface area contributed by atoms with Crippen LogP contribution in [-0.2, 0) is 15.6 Å². The molecule has 0 aromatic rings. The zero-order valence-electron chi connectivity index (χ0n) is 11.0. The SMILES string of the molecule is CCCCCCCCS(=O)C(C)CC(C)=O. The van der Waals surface area contributed by atoms with Crippen LogP contribution in [-0.4, -0.2) is 21.0 Å². The number of unbranched alkanes of at least 4 members (excludes halogenated alkanes) is 5. The van der Waals surface area contributed by atoms with E-state index in [0.717, 1.165) is 12.2 Å². The lowest BCUT2D eigenvalue weighted by molar-refractivity contribution is -0.116. The molecular formula is C13H26O2S. The zero-order chi connectivity index (χ0) is 12.4. The summed E-state index contributed by atoms with van der Waals surface area (Å²) in [5, 5.41) is 0.0353. The summed E-state index contributed by atoms with van der Waals surface area (Å²) >= 11 is 0. The second-order valence-corrected chi connectivity index (χ2v) is 6.54. The maximum Gasteiger partial charge on any atom is 0.131 e. The van der Waals surface area contributed by atoms with Gasteiger partial charge in [-0.2, -0.15) is 0 Å². The highest BCUT2D eigenvalue weighted by atomic mass is 32.2. The molecule has 0 fully saturated rings. The number of ketones is 1. The van der Waals surface area contributed by atoms with Gasteiger partial charge in [0.15, 0.2) is 0 Å². The Labute approximate surface area is 103 Å². The van der Waals surface area contributed by atoms with E-state index in [1.807, 2.05) is 6.92 Å². The first kappa shape index (κ1) is 15.8. The second kappa shape index (κ2) is 10.0. The predicted octanol–water partition coefficient (Wildman–Crippen LogP) is 3.46. The van der Waals surface area contributed by atoms with Crippen LogP contribution >= 0.6 is 0 Å². The molecule has 0 spiro atoms.